The summed E-state index contributed by atoms with van der Waals surface area (Å²) < 4.78 is 0. The number of thiophene rings is 1. The van der Waals surface area contributed by atoms with Crippen LogP contribution in [0.25, 0.3) is 10.6 Å². The molecule has 0 amide bonds. The number of rotatable bonds is 5. The standard InChI is InChI=1S/C13H16N2OS2/c16-13(3-1-4-13)9-14-6-11-8-18-12(15-11)10-2-5-17-7-10/h2,5,7-8,14,16H,1,3-4,6,9H2. The molecule has 3 rings (SSSR count). The molecule has 0 aromatic carbocycles. The Morgan fingerprint density at radius 2 is 2.28 bits per heavy atom. The van der Waals surface area contributed by atoms with E-state index in [0.717, 1.165) is 36.5 Å². The maximum Gasteiger partial charge on any atom is 0.124 e. The van der Waals surface area contributed by atoms with Gasteiger partial charge < -0.3 is 10.4 Å². The summed E-state index contributed by atoms with van der Waals surface area (Å²) >= 11 is 3.37. The molecule has 0 spiro atoms. The van der Waals surface area contributed by atoms with Crippen molar-refractivity contribution in [1.29, 1.82) is 0 Å². The van der Waals surface area contributed by atoms with Gasteiger partial charge in [-0.25, -0.2) is 4.98 Å². The molecule has 0 unspecified atom stereocenters. The Morgan fingerprint density at radius 1 is 1.39 bits per heavy atom. The molecule has 18 heavy (non-hydrogen) atoms. The van der Waals surface area contributed by atoms with Gasteiger partial charge in [-0.1, -0.05) is 0 Å². The van der Waals surface area contributed by atoms with E-state index in [-0.39, 0.29) is 0 Å². The SMILES string of the molecule is OC1(CNCc2csc(-c3ccsc3)n2)CCC1. The average molecular weight is 280 g/mol. The number of aliphatic hydroxyl groups is 1. The summed E-state index contributed by atoms with van der Waals surface area (Å²) in [7, 11) is 0. The Bertz CT molecular complexity index is 503. The van der Waals surface area contributed by atoms with Crippen LogP contribution in [0, 0.1) is 0 Å². The van der Waals surface area contributed by atoms with Crippen LogP contribution in [0.15, 0.2) is 22.2 Å². The van der Waals surface area contributed by atoms with Crippen LogP contribution >= 0.6 is 22.7 Å². The van der Waals surface area contributed by atoms with Gasteiger partial charge >= 0.3 is 0 Å². The molecule has 1 aliphatic carbocycles. The Labute approximate surface area is 115 Å². The molecule has 5 heteroatoms. The van der Waals surface area contributed by atoms with Crippen molar-refractivity contribution >= 4 is 22.7 Å². The summed E-state index contributed by atoms with van der Waals surface area (Å²) in [6, 6.07) is 2.10. The molecule has 3 nitrogen and oxygen atoms in total. The third kappa shape index (κ3) is 2.64. The highest BCUT2D eigenvalue weighted by Gasteiger charge is 2.33. The molecule has 0 atom stereocenters. The summed E-state index contributed by atoms with van der Waals surface area (Å²) in [5.41, 5.74) is 1.81. The lowest BCUT2D eigenvalue weighted by molar-refractivity contribution is -0.0315. The van der Waals surface area contributed by atoms with Crippen LogP contribution in [-0.4, -0.2) is 22.2 Å². The first-order valence-electron chi connectivity index (χ1n) is 6.15. The van der Waals surface area contributed by atoms with E-state index in [1.54, 1.807) is 22.7 Å². The van der Waals surface area contributed by atoms with Crippen LogP contribution in [0.3, 0.4) is 0 Å². The molecule has 0 radical (unpaired) electrons. The smallest absolute Gasteiger partial charge is 0.124 e. The Kier molecular flexibility index (Phi) is 3.48. The number of hydrogen-bond donors (Lipinski definition) is 2. The van der Waals surface area contributed by atoms with E-state index in [2.05, 4.69) is 32.5 Å². The van der Waals surface area contributed by atoms with Gasteiger partial charge in [0.1, 0.15) is 5.01 Å². The van der Waals surface area contributed by atoms with Crippen LogP contribution in [0.1, 0.15) is 25.0 Å². The van der Waals surface area contributed by atoms with Gasteiger partial charge in [0.2, 0.25) is 0 Å². The van der Waals surface area contributed by atoms with Gasteiger partial charge in [0.05, 0.1) is 11.3 Å². The summed E-state index contributed by atoms with van der Waals surface area (Å²) in [5, 5.41) is 20.6. The number of hydrogen-bond acceptors (Lipinski definition) is 5. The van der Waals surface area contributed by atoms with Crippen LogP contribution < -0.4 is 5.32 Å². The molecule has 2 aromatic rings. The van der Waals surface area contributed by atoms with Crippen LogP contribution in [0.5, 0.6) is 0 Å². The molecule has 1 fully saturated rings. The second-order valence-corrected chi connectivity index (χ2v) is 6.48. The zero-order chi connectivity index (χ0) is 12.4. The van der Waals surface area contributed by atoms with Crippen molar-refractivity contribution in [2.24, 2.45) is 0 Å². The lowest BCUT2D eigenvalue weighted by atomic mass is 9.80. The molecule has 96 valence electrons. The van der Waals surface area contributed by atoms with E-state index in [1.165, 1.54) is 5.56 Å². The van der Waals surface area contributed by atoms with Crippen molar-refractivity contribution in [1.82, 2.24) is 10.3 Å². The number of nitrogens with one attached hydrogen (secondary N) is 1. The van der Waals surface area contributed by atoms with E-state index < -0.39 is 5.60 Å². The fourth-order valence-electron chi connectivity index (χ4n) is 2.09. The van der Waals surface area contributed by atoms with Crippen molar-refractivity contribution in [3.05, 3.63) is 27.9 Å². The average Bonchev–Trinajstić information content (AvgIpc) is 2.96. The lowest BCUT2D eigenvalue weighted by Crippen LogP contribution is -2.46. The number of aromatic nitrogens is 1. The topological polar surface area (TPSA) is 45.1 Å². The van der Waals surface area contributed by atoms with Gasteiger partial charge in [0, 0.05) is 29.4 Å². The Morgan fingerprint density at radius 3 is 2.94 bits per heavy atom. The second-order valence-electron chi connectivity index (χ2n) is 4.84. The largest absolute Gasteiger partial charge is 0.389 e. The summed E-state index contributed by atoms with van der Waals surface area (Å²) in [4.78, 5) is 4.60. The molecular formula is C13H16N2OS2. The first kappa shape index (κ1) is 12.3. The van der Waals surface area contributed by atoms with Crippen LogP contribution in [-0.2, 0) is 6.54 Å². The highest BCUT2D eigenvalue weighted by molar-refractivity contribution is 7.14. The van der Waals surface area contributed by atoms with Gasteiger partial charge in [-0.05, 0) is 30.7 Å². The fourth-order valence-corrected chi connectivity index (χ4v) is 3.62. The van der Waals surface area contributed by atoms with Gasteiger partial charge in [-0.3, -0.25) is 0 Å². The monoisotopic (exact) mass is 280 g/mol. The van der Waals surface area contributed by atoms with E-state index >= 15 is 0 Å². The molecule has 2 aromatic heterocycles. The minimum atomic E-state index is -0.452. The number of thiazole rings is 1. The minimum absolute atomic E-state index is 0.452. The normalized spacial score (nSPS) is 17.6. The van der Waals surface area contributed by atoms with Crippen molar-refractivity contribution < 1.29 is 5.11 Å². The highest BCUT2D eigenvalue weighted by atomic mass is 32.1. The quantitative estimate of drug-likeness (QED) is 0.885. The number of nitrogens with zero attached hydrogens (tertiary/aromatic N) is 1. The van der Waals surface area contributed by atoms with Crippen molar-refractivity contribution in [3.63, 3.8) is 0 Å². The highest BCUT2D eigenvalue weighted by Crippen LogP contribution is 2.30. The summed E-state index contributed by atoms with van der Waals surface area (Å²) in [6.45, 7) is 1.42. The van der Waals surface area contributed by atoms with E-state index in [0.29, 0.717) is 6.54 Å². The maximum absolute atomic E-state index is 9.96. The van der Waals surface area contributed by atoms with Gasteiger partial charge in [-0.15, -0.1) is 11.3 Å². The molecule has 2 heterocycles. The van der Waals surface area contributed by atoms with Gasteiger partial charge in [-0.2, -0.15) is 11.3 Å². The second kappa shape index (κ2) is 5.09. The molecule has 0 saturated heterocycles. The predicted molar refractivity (Wildman–Crippen MR) is 75.9 cm³/mol. The zero-order valence-electron chi connectivity index (χ0n) is 10.1. The van der Waals surface area contributed by atoms with Gasteiger partial charge in [0.25, 0.3) is 0 Å². The summed E-state index contributed by atoms with van der Waals surface area (Å²) in [6.07, 6.45) is 3.01. The molecule has 2 N–H and O–H groups in total. The first-order valence-corrected chi connectivity index (χ1v) is 7.98. The minimum Gasteiger partial charge on any atom is -0.389 e. The predicted octanol–water partition coefficient (Wildman–Crippen LogP) is 2.88. The first-order chi connectivity index (χ1) is 8.75. The van der Waals surface area contributed by atoms with Crippen molar-refractivity contribution in [3.8, 4) is 10.6 Å². The molecule has 1 saturated carbocycles. The summed E-state index contributed by atoms with van der Waals surface area (Å²) in [5.74, 6) is 0. The fraction of sp³-hybridized carbons (Fsp3) is 0.462. The van der Waals surface area contributed by atoms with E-state index in [4.69, 9.17) is 0 Å². The van der Waals surface area contributed by atoms with E-state index in [9.17, 15) is 5.11 Å². The van der Waals surface area contributed by atoms with Crippen LogP contribution in [0.4, 0.5) is 0 Å². The molecular weight excluding hydrogens is 264 g/mol. The maximum atomic E-state index is 9.96. The molecule has 1 aliphatic rings. The van der Waals surface area contributed by atoms with E-state index in [1.807, 2.05) is 0 Å². The zero-order valence-corrected chi connectivity index (χ0v) is 11.7. The van der Waals surface area contributed by atoms with Crippen LogP contribution in [0.2, 0.25) is 0 Å². The third-order valence-electron chi connectivity index (χ3n) is 3.36. The van der Waals surface area contributed by atoms with Gasteiger partial charge in [0.15, 0.2) is 0 Å². The van der Waals surface area contributed by atoms with Crippen molar-refractivity contribution in [2.45, 2.75) is 31.4 Å². The molecule has 0 bridgehead atoms. The third-order valence-corrected chi connectivity index (χ3v) is 4.99. The Balaban J connectivity index is 1.54. The van der Waals surface area contributed by atoms with Crippen molar-refractivity contribution in [2.75, 3.05) is 6.54 Å². The lowest BCUT2D eigenvalue weighted by Gasteiger charge is -2.36. The molecule has 0 aliphatic heterocycles. The Hall–Kier alpha value is -0.750.